The molecule has 4 nitrogen and oxygen atoms in total. The fourth-order valence-corrected chi connectivity index (χ4v) is 1.44. The number of hydrogen-bond acceptors (Lipinski definition) is 3. The van der Waals surface area contributed by atoms with Gasteiger partial charge in [-0.3, -0.25) is 4.79 Å². The lowest BCUT2D eigenvalue weighted by atomic mass is 10.3. The van der Waals surface area contributed by atoms with Crippen LogP contribution in [-0.2, 0) is 4.79 Å². The molecule has 0 atom stereocenters. The molecule has 2 rings (SSSR count). The van der Waals surface area contributed by atoms with E-state index in [1.54, 1.807) is 24.3 Å². The number of amides is 1. The molecule has 0 aliphatic heterocycles. The molecule has 2 N–H and O–H groups in total. The third-order valence-corrected chi connectivity index (χ3v) is 2.25. The Morgan fingerprint density at radius 3 is 2.61 bits per heavy atom. The fourth-order valence-electron chi connectivity index (χ4n) is 1.44. The summed E-state index contributed by atoms with van der Waals surface area (Å²) in [6.45, 7) is -0.0989. The zero-order chi connectivity index (χ0) is 12.8. The number of phenolic OH excluding ortho intramolecular Hbond substituents is 1. The maximum absolute atomic E-state index is 11.6. The minimum absolute atomic E-state index is 0.0989. The molecule has 2 aromatic rings. The van der Waals surface area contributed by atoms with Crippen LogP contribution >= 0.6 is 0 Å². The number of carbonyl (C=O) groups is 1. The first-order valence-electron chi connectivity index (χ1n) is 5.51. The second kappa shape index (κ2) is 5.72. The fraction of sp³-hybridized carbons (Fsp3) is 0.0714. The van der Waals surface area contributed by atoms with Gasteiger partial charge in [-0.15, -0.1) is 0 Å². The van der Waals surface area contributed by atoms with Crippen molar-refractivity contribution < 1.29 is 14.6 Å². The molecular weight excluding hydrogens is 230 g/mol. The molecule has 0 aliphatic carbocycles. The SMILES string of the molecule is O=C(COc1cccc(O)c1)Nc1ccccc1. The molecule has 1 amide bonds. The van der Waals surface area contributed by atoms with Crippen LogP contribution in [0.1, 0.15) is 0 Å². The van der Waals surface area contributed by atoms with Crippen LogP contribution in [0, 0.1) is 0 Å². The molecule has 92 valence electrons. The van der Waals surface area contributed by atoms with E-state index in [2.05, 4.69) is 5.32 Å². The van der Waals surface area contributed by atoms with E-state index in [4.69, 9.17) is 4.74 Å². The van der Waals surface area contributed by atoms with E-state index in [0.717, 1.165) is 5.69 Å². The van der Waals surface area contributed by atoms with Crippen molar-refractivity contribution >= 4 is 11.6 Å². The molecule has 0 spiro atoms. The van der Waals surface area contributed by atoms with Crippen molar-refractivity contribution in [3.05, 3.63) is 54.6 Å². The van der Waals surface area contributed by atoms with E-state index in [-0.39, 0.29) is 18.3 Å². The molecule has 0 aromatic heterocycles. The van der Waals surface area contributed by atoms with Gasteiger partial charge in [-0.25, -0.2) is 0 Å². The average molecular weight is 243 g/mol. The minimum atomic E-state index is -0.246. The van der Waals surface area contributed by atoms with Gasteiger partial charge in [0.2, 0.25) is 0 Å². The van der Waals surface area contributed by atoms with Gasteiger partial charge in [0.1, 0.15) is 11.5 Å². The lowest BCUT2D eigenvalue weighted by Crippen LogP contribution is -2.19. The summed E-state index contributed by atoms with van der Waals surface area (Å²) >= 11 is 0. The number of para-hydroxylation sites is 1. The van der Waals surface area contributed by atoms with Crippen LogP contribution in [0.15, 0.2) is 54.6 Å². The van der Waals surface area contributed by atoms with Gasteiger partial charge >= 0.3 is 0 Å². The zero-order valence-electron chi connectivity index (χ0n) is 9.67. The number of hydrogen-bond donors (Lipinski definition) is 2. The normalized spacial score (nSPS) is 9.78. The van der Waals surface area contributed by atoms with E-state index in [0.29, 0.717) is 5.75 Å². The highest BCUT2D eigenvalue weighted by Gasteiger charge is 2.03. The summed E-state index contributed by atoms with van der Waals surface area (Å²) in [4.78, 5) is 11.6. The second-order valence-electron chi connectivity index (χ2n) is 3.70. The summed E-state index contributed by atoms with van der Waals surface area (Å²) in [6, 6.07) is 15.5. The van der Waals surface area contributed by atoms with Gasteiger partial charge in [0.05, 0.1) is 0 Å². The summed E-state index contributed by atoms with van der Waals surface area (Å²) in [5.74, 6) is 0.318. The van der Waals surface area contributed by atoms with Crippen molar-refractivity contribution in [1.29, 1.82) is 0 Å². The zero-order valence-corrected chi connectivity index (χ0v) is 9.67. The van der Waals surface area contributed by atoms with Gasteiger partial charge < -0.3 is 15.2 Å². The van der Waals surface area contributed by atoms with Gasteiger partial charge in [-0.1, -0.05) is 24.3 Å². The molecular formula is C14H13NO3. The number of phenols is 1. The summed E-state index contributed by atoms with van der Waals surface area (Å²) in [7, 11) is 0. The Kier molecular flexibility index (Phi) is 3.81. The Hall–Kier alpha value is -2.49. The van der Waals surface area contributed by atoms with Gasteiger partial charge in [-0.2, -0.15) is 0 Å². The number of rotatable bonds is 4. The largest absolute Gasteiger partial charge is 0.508 e. The molecule has 0 saturated carbocycles. The van der Waals surface area contributed by atoms with Gasteiger partial charge in [-0.05, 0) is 24.3 Å². The molecule has 0 fully saturated rings. The Morgan fingerprint density at radius 2 is 1.89 bits per heavy atom. The molecule has 0 heterocycles. The second-order valence-corrected chi connectivity index (χ2v) is 3.70. The number of benzene rings is 2. The van der Waals surface area contributed by atoms with Crippen molar-refractivity contribution in [1.82, 2.24) is 0 Å². The van der Waals surface area contributed by atoms with Gasteiger partial charge in [0.15, 0.2) is 6.61 Å². The summed E-state index contributed by atoms with van der Waals surface area (Å²) in [6.07, 6.45) is 0. The standard InChI is InChI=1S/C14H13NO3/c16-12-7-4-8-13(9-12)18-10-14(17)15-11-5-2-1-3-6-11/h1-9,16H,10H2,(H,15,17). The predicted octanol–water partition coefficient (Wildman–Crippen LogP) is 2.41. The van der Waals surface area contributed by atoms with Crippen LogP contribution in [0.3, 0.4) is 0 Å². The maximum atomic E-state index is 11.6. The van der Waals surface area contributed by atoms with E-state index in [9.17, 15) is 9.90 Å². The predicted molar refractivity (Wildman–Crippen MR) is 68.7 cm³/mol. The van der Waals surface area contributed by atoms with E-state index >= 15 is 0 Å². The first-order valence-corrected chi connectivity index (χ1v) is 5.51. The highest BCUT2D eigenvalue weighted by atomic mass is 16.5. The molecule has 0 aliphatic rings. The lowest BCUT2D eigenvalue weighted by Gasteiger charge is -2.07. The average Bonchev–Trinajstić information content (AvgIpc) is 2.38. The van der Waals surface area contributed by atoms with Crippen molar-refractivity contribution in [2.45, 2.75) is 0 Å². The summed E-state index contributed by atoms with van der Waals surface area (Å²) in [5, 5.41) is 11.9. The maximum Gasteiger partial charge on any atom is 0.262 e. The van der Waals surface area contributed by atoms with Crippen LogP contribution in [-0.4, -0.2) is 17.6 Å². The van der Waals surface area contributed by atoms with E-state index < -0.39 is 0 Å². The minimum Gasteiger partial charge on any atom is -0.508 e. The Balaban J connectivity index is 1.85. The van der Waals surface area contributed by atoms with Gasteiger partial charge in [0, 0.05) is 11.8 Å². The van der Waals surface area contributed by atoms with Crippen LogP contribution in [0.2, 0.25) is 0 Å². The Labute approximate surface area is 105 Å². The van der Waals surface area contributed by atoms with Crippen molar-refractivity contribution in [3.63, 3.8) is 0 Å². The third kappa shape index (κ3) is 3.52. The summed E-state index contributed by atoms with van der Waals surface area (Å²) in [5.41, 5.74) is 0.724. The molecule has 18 heavy (non-hydrogen) atoms. The Morgan fingerprint density at radius 1 is 1.11 bits per heavy atom. The summed E-state index contributed by atoms with van der Waals surface area (Å²) < 4.78 is 5.25. The van der Waals surface area contributed by atoms with E-state index in [1.807, 2.05) is 18.2 Å². The van der Waals surface area contributed by atoms with Crippen molar-refractivity contribution in [2.24, 2.45) is 0 Å². The van der Waals surface area contributed by atoms with Crippen molar-refractivity contribution in [3.8, 4) is 11.5 Å². The first kappa shape index (κ1) is 12.0. The Bertz CT molecular complexity index is 526. The molecule has 0 radical (unpaired) electrons. The van der Waals surface area contributed by atoms with Crippen molar-refractivity contribution in [2.75, 3.05) is 11.9 Å². The van der Waals surface area contributed by atoms with E-state index in [1.165, 1.54) is 12.1 Å². The smallest absolute Gasteiger partial charge is 0.262 e. The third-order valence-electron chi connectivity index (χ3n) is 2.25. The van der Waals surface area contributed by atoms with Gasteiger partial charge in [0.25, 0.3) is 5.91 Å². The number of anilines is 1. The van der Waals surface area contributed by atoms with Crippen LogP contribution in [0.4, 0.5) is 5.69 Å². The first-order chi connectivity index (χ1) is 8.74. The molecule has 0 saturated heterocycles. The lowest BCUT2D eigenvalue weighted by molar-refractivity contribution is -0.118. The number of ether oxygens (including phenoxy) is 1. The number of aromatic hydroxyl groups is 1. The van der Waals surface area contributed by atoms with Crippen LogP contribution < -0.4 is 10.1 Å². The molecule has 0 bridgehead atoms. The van der Waals surface area contributed by atoms with Crippen LogP contribution in [0.5, 0.6) is 11.5 Å². The quantitative estimate of drug-likeness (QED) is 0.867. The molecule has 4 heteroatoms. The highest BCUT2D eigenvalue weighted by molar-refractivity contribution is 5.91. The molecule has 2 aromatic carbocycles. The highest BCUT2D eigenvalue weighted by Crippen LogP contribution is 2.17. The molecule has 0 unspecified atom stereocenters. The topological polar surface area (TPSA) is 58.6 Å². The number of carbonyl (C=O) groups excluding carboxylic acids is 1. The monoisotopic (exact) mass is 243 g/mol. The van der Waals surface area contributed by atoms with Crippen LogP contribution in [0.25, 0.3) is 0 Å². The number of nitrogens with one attached hydrogen (secondary N) is 1.